The minimum Gasteiger partial charge on any atom is -0.466 e. The van der Waals surface area contributed by atoms with Crippen molar-refractivity contribution in [1.82, 2.24) is 5.32 Å². The van der Waals surface area contributed by atoms with Crippen LogP contribution in [0.5, 0.6) is 0 Å². The maximum absolute atomic E-state index is 10.9. The zero-order valence-corrected chi connectivity index (χ0v) is 10.8. The molecule has 4 nitrogen and oxygen atoms in total. The first kappa shape index (κ1) is 17.5. The maximum Gasteiger partial charge on any atom is 0.333 e. The van der Waals surface area contributed by atoms with Gasteiger partial charge in [0.25, 0.3) is 0 Å². The van der Waals surface area contributed by atoms with Crippen LogP contribution in [0.15, 0.2) is 12.2 Å². The Morgan fingerprint density at radius 1 is 1.38 bits per heavy atom. The highest BCUT2D eigenvalue weighted by Crippen LogP contribution is 1.98. The largest absolute Gasteiger partial charge is 0.466 e. The molecule has 0 aromatic heterocycles. The van der Waals surface area contributed by atoms with Gasteiger partial charge in [0, 0.05) is 5.57 Å². The third-order valence-corrected chi connectivity index (χ3v) is 1.78. The Balaban J connectivity index is 0. The lowest BCUT2D eigenvalue weighted by Crippen LogP contribution is -2.18. The van der Waals surface area contributed by atoms with Crippen LogP contribution in [0.1, 0.15) is 33.1 Å². The molecule has 0 aliphatic rings. The lowest BCUT2D eigenvalue weighted by atomic mass is 10.2. The van der Waals surface area contributed by atoms with Crippen molar-refractivity contribution in [3.63, 3.8) is 0 Å². The molecule has 0 saturated carbocycles. The molecule has 0 heterocycles. The summed E-state index contributed by atoms with van der Waals surface area (Å²) in [6.45, 7) is 10.2. The number of nitrogens with two attached hydrogens (primary N) is 1. The quantitative estimate of drug-likeness (QED) is 0.395. The van der Waals surface area contributed by atoms with Crippen LogP contribution in [0.4, 0.5) is 0 Å². The molecule has 0 aliphatic heterocycles. The SMILES string of the molecule is C=C(CCNCCCC)C(=O)OC.CCN. The summed E-state index contributed by atoms with van der Waals surface area (Å²) in [7, 11) is 1.37. The zero-order valence-electron chi connectivity index (χ0n) is 10.8. The summed E-state index contributed by atoms with van der Waals surface area (Å²) >= 11 is 0. The molecule has 0 radical (unpaired) electrons. The molecule has 3 N–H and O–H groups in total. The van der Waals surface area contributed by atoms with E-state index < -0.39 is 0 Å². The number of unbranched alkanes of at least 4 members (excludes halogenated alkanes) is 1. The van der Waals surface area contributed by atoms with E-state index in [-0.39, 0.29) is 5.97 Å². The Bertz CT molecular complexity index is 182. The number of ether oxygens (including phenoxy) is 1. The van der Waals surface area contributed by atoms with Gasteiger partial charge in [0.05, 0.1) is 7.11 Å². The summed E-state index contributed by atoms with van der Waals surface area (Å²) in [6, 6.07) is 0. The summed E-state index contributed by atoms with van der Waals surface area (Å²) in [5.74, 6) is -0.308. The lowest BCUT2D eigenvalue weighted by Gasteiger charge is -2.04. The summed E-state index contributed by atoms with van der Waals surface area (Å²) < 4.78 is 4.52. The van der Waals surface area contributed by atoms with Gasteiger partial charge < -0.3 is 15.8 Å². The van der Waals surface area contributed by atoms with Crippen LogP contribution in [0.25, 0.3) is 0 Å². The summed E-state index contributed by atoms with van der Waals surface area (Å²) in [6.07, 6.45) is 3.02. The van der Waals surface area contributed by atoms with Crippen LogP contribution in [0.3, 0.4) is 0 Å². The van der Waals surface area contributed by atoms with Gasteiger partial charge in [-0.15, -0.1) is 0 Å². The van der Waals surface area contributed by atoms with E-state index in [1.165, 1.54) is 20.0 Å². The lowest BCUT2D eigenvalue weighted by molar-refractivity contribution is -0.136. The highest BCUT2D eigenvalue weighted by atomic mass is 16.5. The highest BCUT2D eigenvalue weighted by molar-refractivity contribution is 5.87. The number of hydrogen-bond acceptors (Lipinski definition) is 4. The Labute approximate surface area is 99.2 Å². The minimum atomic E-state index is -0.308. The number of carbonyl (C=O) groups excluding carboxylic acids is 1. The molecule has 96 valence electrons. The van der Waals surface area contributed by atoms with E-state index in [2.05, 4.69) is 23.6 Å². The second-order valence-corrected chi connectivity index (χ2v) is 3.36. The van der Waals surface area contributed by atoms with E-state index in [9.17, 15) is 4.79 Å². The average molecular weight is 230 g/mol. The molecule has 0 aromatic carbocycles. The zero-order chi connectivity index (χ0) is 12.8. The molecule has 0 atom stereocenters. The van der Waals surface area contributed by atoms with Crippen molar-refractivity contribution in [1.29, 1.82) is 0 Å². The molecular formula is C12H26N2O2. The van der Waals surface area contributed by atoms with Crippen LogP contribution in [-0.4, -0.2) is 32.7 Å². The smallest absolute Gasteiger partial charge is 0.333 e. The van der Waals surface area contributed by atoms with Crippen LogP contribution >= 0.6 is 0 Å². The second kappa shape index (κ2) is 14.1. The number of hydrogen-bond donors (Lipinski definition) is 2. The van der Waals surface area contributed by atoms with Gasteiger partial charge in [-0.2, -0.15) is 0 Å². The fraction of sp³-hybridized carbons (Fsp3) is 0.750. The third-order valence-electron chi connectivity index (χ3n) is 1.78. The molecule has 0 amide bonds. The van der Waals surface area contributed by atoms with E-state index in [0.717, 1.165) is 19.6 Å². The van der Waals surface area contributed by atoms with Gasteiger partial charge in [0.15, 0.2) is 0 Å². The molecule has 0 aliphatic carbocycles. The number of nitrogens with one attached hydrogen (secondary N) is 1. The molecular weight excluding hydrogens is 204 g/mol. The fourth-order valence-corrected chi connectivity index (χ4v) is 0.912. The van der Waals surface area contributed by atoms with Crippen molar-refractivity contribution in [2.45, 2.75) is 33.1 Å². The van der Waals surface area contributed by atoms with Gasteiger partial charge in [0.1, 0.15) is 0 Å². The first-order chi connectivity index (χ1) is 7.63. The first-order valence-corrected chi connectivity index (χ1v) is 5.80. The molecule has 0 unspecified atom stereocenters. The van der Waals surface area contributed by atoms with Crippen molar-refractivity contribution in [2.24, 2.45) is 5.73 Å². The first-order valence-electron chi connectivity index (χ1n) is 5.80. The standard InChI is InChI=1S/C10H19NO2.C2H7N/c1-4-5-7-11-8-6-9(2)10(12)13-3;1-2-3/h11H,2,4-8H2,1,3H3;2-3H2,1H3. The van der Waals surface area contributed by atoms with Gasteiger partial charge in [-0.25, -0.2) is 4.79 Å². The van der Waals surface area contributed by atoms with Crippen molar-refractivity contribution in [3.8, 4) is 0 Å². The Kier molecular flexibility index (Phi) is 15.5. The van der Waals surface area contributed by atoms with Gasteiger partial charge in [-0.05, 0) is 32.5 Å². The van der Waals surface area contributed by atoms with Crippen LogP contribution in [0.2, 0.25) is 0 Å². The molecule has 0 spiro atoms. The summed E-state index contributed by atoms with van der Waals surface area (Å²) in [5.41, 5.74) is 5.38. The molecule has 0 aromatic rings. The molecule has 0 bridgehead atoms. The van der Waals surface area contributed by atoms with Gasteiger partial charge in [-0.1, -0.05) is 26.8 Å². The van der Waals surface area contributed by atoms with Crippen LogP contribution < -0.4 is 11.1 Å². The number of methoxy groups -OCH3 is 1. The van der Waals surface area contributed by atoms with Gasteiger partial charge in [0.2, 0.25) is 0 Å². The van der Waals surface area contributed by atoms with Crippen molar-refractivity contribution >= 4 is 5.97 Å². The van der Waals surface area contributed by atoms with Crippen molar-refractivity contribution < 1.29 is 9.53 Å². The number of esters is 1. The number of rotatable bonds is 7. The third kappa shape index (κ3) is 13.1. The highest BCUT2D eigenvalue weighted by Gasteiger charge is 2.04. The van der Waals surface area contributed by atoms with Crippen molar-refractivity contribution in [2.75, 3.05) is 26.7 Å². The maximum atomic E-state index is 10.9. The Morgan fingerprint density at radius 3 is 2.38 bits per heavy atom. The average Bonchev–Trinajstić information content (AvgIpc) is 2.28. The van der Waals surface area contributed by atoms with Crippen LogP contribution in [-0.2, 0) is 9.53 Å². The van der Waals surface area contributed by atoms with E-state index in [1.54, 1.807) is 0 Å². The van der Waals surface area contributed by atoms with E-state index in [4.69, 9.17) is 5.73 Å². The predicted octanol–water partition coefficient (Wildman–Crippen LogP) is 1.46. The normalized spacial score (nSPS) is 9.00. The van der Waals surface area contributed by atoms with Gasteiger partial charge in [-0.3, -0.25) is 0 Å². The van der Waals surface area contributed by atoms with Crippen molar-refractivity contribution in [3.05, 3.63) is 12.2 Å². The topological polar surface area (TPSA) is 64.3 Å². The molecule has 0 fully saturated rings. The molecule has 4 heteroatoms. The minimum absolute atomic E-state index is 0.308. The van der Waals surface area contributed by atoms with Crippen LogP contribution in [0, 0.1) is 0 Å². The molecule has 16 heavy (non-hydrogen) atoms. The monoisotopic (exact) mass is 230 g/mol. The summed E-state index contributed by atoms with van der Waals surface area (Å²) in [4.78, 5) is 10.9. The predicted molar refractivity (Wildman–Crippen MR) is 68.3 cm³/mol. The fourth-order valence-electron chi connectivity index (χ4n) is 0.912. The Morgan fingerprint density at radius 2 is 1.94 bits per heavy atom. The Hall–Kier alpha value is -0.870. The summed E-state index contributed by atoms with van der Waals surface area (Å²) in [5, 5.41) is 3.23. The molecule has 0 rings (SSSR count). The van der Waals surface area contributed by atoms with E-state index in [0.29, 0.717) is 12.0 Å². The van der Waals surface area contributed by atoms with E-state index >= 15 is 0 Å². The van der Waals surface area contributed by atoms with Gasteiger partial charge >= 0.3 is 5.97 Å². The number of carbonyl (C=O) groups is 1. The van der Waals surface area contributed by atoms with E-state index in [1.807, 2.05) is 6.92 Å². The molecule has 0 saturated heterocycles. The second-order valence-electron chi connectivity index (χ2n) is 3.36.